The molecule has 9 heteroatoms. The third-order valence-electron chi connectivity index (χ3n) is 6.77. The molecule has 33 heavy (non-hydrogen) atoms. The number of carbonyl (C=O) groups excluding carboxylic acids is 2. The third-order valence-corrected chi connectivity index (χ3v) is 6.77. The number of amides is 2. The van der Waals surface area contributed by atoms with Crippen LogP contribution < -0.4 is 9.64 Å². The van der Waals surface area contributed by atoms with E-state index in [0.717, 1.165) is 25.1 Å². The molecule has 3 saturated heterocycles. The van der Waals surface area contributed by atoms with Gasteiger partial charge in [0.15, 0.2) is 5.60 Å². The maximum atomic E-state index is 13.1. The Hall–Kier alpha value is -2.97. The molecular formula is C24H33N3O6. The Morgan fingerprint density at radius 1 is 1.15 bits per heavy atom. The summed E-state index contributed by atoms with van der Waals surface area (Å²) < 4.78 is 11.3. The molecule has 3 aliphatic heterocycles. The van der Waals surface area contributed by atoms with Gasteiger partial charge in [-0.25, -0.2) is 4.79 Å². The van der Waals surface area contributed by atoms with E-state index < -0.39 is 11.7 Å². The van der Waals surface area contributed by atoms with Gasteiger partial charge in [0.05, 0.1) is 12.5 Å². The number of carboxylic acid groups (broad SMARTS) is 1. The first kappa shape index (κ1) is 23.2. The first-order chi connectivity index (χ1) is 15.6. The van der Waals surface area contributed by atoms with Crippen molar-refractivity contribution in [2.24, 2.45) is 11.3 Å². The molecule has 9 nitrogen and oxygen atoms in total. The van der Waals surface area contributed by atoms with Crippen LogP contribution in [0.25, 0.3) is 0 Å². The number of esters is 1. The molecule has 1 N–H and O–H groups in total. The molecule has 1 spiro atoms. The van der Waals surface area contributed by atoms with Gasteiger partial charge in [-0.1, -0.05) is 6.07 Å². The minimum Gasteiger partial charge on any atom is -0.478 e. The first-order valence-electron chi connectivity index (χ1n) is 11.6. The van der Waals surface area contributed by atoms with Crippen LogP contribution in [0.3, 0.4) is 0 Å². The number of ether oxygens (including phenoxy) is 2. The number of rotatable bonds is 6. The lowest BCUT2D eigenvalue weighted by atomic mass is 9.72. The topological polar surface area (TPSA) is 99.6 Å². The van der Waals surface area contributed by atoms with Crippen LogP contribution in [0.1, 0.15) is 33.6 Å². The average Bonchev–Trinajstić information content (AvgIpc) is 2.71. The molecule has 1 atom stereocenters. The molecule has 0 aromatic heterocycles. The Morgan fingerprint density at radius 3 is 2.52 bits per heavy atom. The van der Waals surface area contributed by atoms with E-state index in [2.05, 4.69) is 4.90 Å². The largest absolute Gasteiger partial charge is 0.478 e. The van der Waals surface area contributed by atoms with E-state index in [9.17, 15) is 14.4 Å². The minimum atomic E-state index is -1.05. The van der Waals surface area contributed by atoms with Crippen molar-refractivity contribution in [2.45, 2.75) is 39.2 Å². The van der Waals surface area contributed by atoms with Crippen molar-refractivity contribution in [1.29, 1.82) is 0 Å². The quantitative estimate of drug-likeness (QED) is 0.652. The average molecular weight is 460 g/mol. The van der Waals surface area contributed by atoms with Crippen LogP contribution in [0, 0.1) is 11.3 Å². The van der Waals surface area contributed by atoms with E-state index in [1.807, 2.05) is 31.2 Å². The summed E-state index contributed by atoms with van der Waals surface area (Å²) in [6.45, 7) is 9.27. The smallest absolute Gasteiger partial charge is 0.407 e. The van der Waals surface area contributed by atoms with Crippen molar-refractivity contribution in [1.82, 2.24) is 9.80 Å². The van der Waals surface area contributed by atoms with Gasteiger partial charge in [0.25, 0.3) is 5.91 Å². The number of piperidine rings is 1. The van der Waals surface area contributed by atoms with Gasteiger partial charge in [0.2, 0.25) is 0 Å². The fourth-order valence-electron chi connectivity index (χ4n) is 5.13. The zero-order chi connectivity index (χ0) is 23.8. The Labute approximate surface area is 194 Å². The monoisotopic (exact) mass is 459 g/mol. The molecule has 3 aliphatic rings. The third kappa shape index (κ3) is 4.72. The molecule has 2 amide bonds. The lowest BCUT2D eigenvalue weighted by Gasteiger charge is -2.60. The second-order valence-corrected chi connectivity index (χ2v) is 9.95. The second-order valence-electron chi connectivity index (χ2n) is 9.95. The van der Waals surface area contributed by atoms with Crippen molar-refractivity contribution >= 4 is 23.7 Å². The molecule has 0 saturated carbocycles. The summed E-state index contributed by atoms with van der Waals surface area (Å²) >= 11 is 0. The van der Waals surface area contributed by atoms with Crippen LogP contribution in [-0.2, 0) is 14.3 Å². The lowest BCUT2D eigenvalue weighted by Crippen LogP contribution is -2.75. The van der Waals surface area contributed by atoms with E-state index in [4.69, 9.17) is 14.6 Å². The Kier molecular flexibility index (Phi) is 6.16. The van der Waals surface area contributed by atoms with E-state index in [0.29, 0.717) is 45.1 Å². The zero-order valence-electron chi connectivity index (χ0n) is 19.6. The van der Waals surface area contributed by atoms with Crippen LogP contribution in [0.4, 0.5) is 10.5 Å². The maximum Gasteiger partial charge on any atom is 0.407 e. The summed E-state index contributed by atoms with van der Waals surface area (Å²) in [5, 5.41) is 9.03. The van der Waals surface area contributed by atoms with Gasteiger partial charge in [-0.3, -0.25) is 9.59 Å². The fraction of sp³-hybridized carbons (Fsp3) is 0.625. The Balaban J connectivity index is 1.35. The van der Waals surface area contributed by atoms with Crippen molar-refractivity contribution in [2.75, 3.05) is 50.8 Å². The summed E-state index contributed by atoms with van der Waals surface area (Å²) in [6, 6.07) is 7.63. The van der Waals surface area contributed by atoms with Gasteiger partial charge in [-0.2, -0.15) is 0 Å². The molecule has 3 heterocycles. The van der Waals surface area contributed by atoms with Crippen LogP contribution >= 0.6 is 0 Å². The molecule has 0 radical (unpaired) electrons. The van der Waals surface area contributed by atoms with Gasteiger partial charge in [0, 0.05) is 56.4 Å². The van der Waals surface area contributed by atoms with Crippen LogP contribution in [0.2, 0.25) is 0 Å². The van der Waals surface area contributed by atoms with Gasteiger partial charge in [-0.15, -0.1) is 0 Å². The standard InChI is InChI=1S/C24H33N3O6/c1-4-32-20(28)17-7-6-10-25(12-17)18-8-5-9-19(11-18)33-23(2,3)21(29)26-13-24(14-26)15-27(16-24)22(30)31/h5,8-9,11,17H,4,6-7,10,12-16H2,1-3H3,(H,30,31). The number of anilines is 1. The summed E-state index contributed by atoms with van der Waals surface area (Å²) in [5.41, 5.74) is -0.185. The molecule has 1 unspecified atom stereocenters. The van der Waals surface area contributed by atoms with Crippen LogP contribution in [-0.4, -0.2) is 84.4 Å². The highest BCUT2D eigenvalue weighted by Crippen LogP contribution is 2.41. The van der Waals surface area contributed by atoms with Crippen LogP contribution in [0.5, 0.6) is 5.75 Å². The van der Waals surface area contributed by atoms with Gasteiger partial charge in [0.1, 0.15) is 5.75 Å². The Morgan fingerprint density at radius 2 is 1.85 bits per heavy atom. The molecule has 3 fully saturated rings. The zero-order valence-corrected chi connectivity index (χ0v) is 19.6. The number of carbonyl (C=O) groups is 3. The van der Waals surface area contributed by atoms with Crippen molar-refractivity contribution in [3.8, 4) is 5.75 Å². The summed E-state index contributed by atoms with van der Waals surface area (Å²) in [6.07, 6.45) is 0.833. The van der Waals surface area contributed by atoms with E-state index >= 15 is 0 Å². The maximum absolute atomic E-state index is 13.1. The van der Waals surface area contributed by atoms with Gasteiger partial charge in [-0.05, 0) is 45.7 Å². The van der Waals surface area contributed by atoms with Crippen molar-refractivity contribution < 1.29 is 29.0 Å². The van der Waals surface area contributed by atoms with E-state index in [-0.39, 0.29) is 23.2 Å². The normalized spacial score (nSPS) is 21.8. The number of hydrogen-bond donors (Lipinski definition) is 1. The number of likely N-dealkylation sites (tertiary alicyclic amines) is 2. The highest BCUT2D eigenvalue weighted by molar-refractivity contribution is 5.86. The minimum absolute atomic E-state index is 0.0895. The van der Waals surface area contributed by atoms with Gasteiger partial charge < -0.3 is 29.3 Å². The van der Waals surface area contributed by atoms with Gasteiger partial charge >= 0.3 is 12.1 Å². The highest BCUT2D eigenvalue weighted by atomic mass is 16.5. The lowest BCUT2D eigenvalue weighted by molar-refractivity contribution is -0.168. The summed E-state index contributed by atoms with van der Waals surface area (Å²) in [7, 11) is 0. The fourth-order valence-corrected chi connectivity index (χ4v) is 5.13. The molecular weight excluding hydrogens is 426 g/mol. The molecule has 180 valence electrons. The highest BCUT2D eigenvalue weighted by Gasteiger charge is 2.56. The predicted octanol–water partition coefficient (Wildman–Crippen LogP) is 2.45. The van der Waals surface area contributed by atoms with Crippen molar-refractivity contribution in [3.05, 3.63) is 24.3 Å². The Bertz CT molecular complexity index is 919. The predicted molar refractivity (Wildman–Crippen MR) is 121 cm³/mol. The molecule has 0 aliphatic carbocycles. The summed E-state index contributed by atoms with van der Waals surface area (Å²) in [4.78, 5) is 41.5. The SMILES string of the molecule is CCOC(=O)C1CCCN(c2cccc(OC(C)(C)C(=O)N3CC4(CN(C(=O)O)C4)C3)c2)C1. The number of nitrogens with zero attached hydrogens (tertiary/aromatic N) is 3. The number of hydrogen-bond acceptors (Lipinski definition) is 6. The molecule has 0 bridgehead atoms. The summed E-state index contributed by atoms with van der Waals surface area (Å²) in [5.74, 6) is 0.211. The van der Waals surface area contributed by atoms with E-state index in [1.54, 1.807) is 18.7 Å². The number of benzene rings is 1. The second kappa shape index (κ2) is 8.76. The van der Waals surface area contributed by atoms with Crippen molar-refractivity contribution in [3.63, 3.8) is 0 Å². The molecule has 1 aromatic carbocycles. The van der Waals surface area contributed by atoms with E-state index in [1.165, 1.54) is 4.90 Å². The van der Waals surface area contributed by atoms with Crippen LogP contribution in [0.15, 0.2) is 24.3 Å². The molecule has 4 rings (SSSR count). The first-order valence-corrected chi connectivity index (χ1v) is 11.6. The molecule has 1 aromatic rings.